The molecule has 1 aliphatic rings. The molecule has 2 amide bonds. The fourth-order valence-electron chi connectivity index (χ4n) is 2.67. The van der Waals surface area contributed by atoms with Gasteiger partial charge in [-0.15, -0.1) is 11.8 Å². The topological polar surface area (TPSA) is 104 Å². The van der Waals surface area contributed by atoms with Crippen molar-refractivity contribution in [3.63, 3.8) is 0 Å². The van der Waals surface area contributed by atoms with Crippen molar-refractivity contribution in [2.24, 2.45) is 0 Å². The number of halogens is 1. The zero-order chi connectivity index (χ0) is 18.3. The molecule has 1 aromatic heterocycles. The van der Waals surface area contributed by atoms with Crippen LogP contribution < -0.4 is 16.4 Å². The highest BCUT2D eigenvalue weighted by Crippen LogP contribution is 2.38. The van der Waals surface area contributed by atoms with Gasteiger partial charge in [-0.25, -0.2) is 4.79 Å². The summed E-state index contributed by atoms with van der Waals surface area (Å²) in [7, 11) is 0. The van der Waals surface area contributed by atoms with Crippen LogP contribution in [-0.2, 0) is 9.59 Å². The van der Waals surface area contributed by atoms with Crippen molar-refractivity contribution in [3.05, 3.63) is 52.0 Å². The van der Waals surface area contributed by atoms with E-state index in [2.05, 4.69) is 15.6 Å². The molecule has 2 heterocycles. The van der Waals surface area contributed by atoms with Crippen LogP contribution >= 0.6 is 23.4 Å². The van der Waals surface area contributed by atoms with Gasteiger partial charge in [-0.05, 0) is 36.4 Å². The Kier molecular flexibility index (Phi) is 4.21. The van der Waals surface area contributed by atoms with Gasteiger partial charge in [0.05, 0.1) is 16.5 Å². The smallest absolute Gasteiger partial charge is 0.408 e. The highest BCUT2D eigenvalue weighted by molar-refractivity contribution is 8.01. The highest BCUT2D eigenvalue weighted by Gasteiger charge is 2.29. The van der Waals surface area contributed by atoms with Crippen molar-refractivity contribution in [2.75, 3.05) is 10.6 Å². The van der Waals surface area contributed by atoms with Crippen molar-refractivity contribution in [1.82, 2.24) is 4.98 Å². The Morgan fingerprint density at radius 3 is 2.92 bits per heavy atom. The van der Waals surface area contributed by atoms with E-state index in [1.54, 1.807) is 30.3 Å². The van der Waals surface area contributed by atoms with Gasteiger partial charge in [0.25, 0.3) is 0 Å². The summed E-state index contributed by atoms with van der Waals surface area (Å²) in [5.74, 6) is -1.10. The monoisotopic (exact) mass is 389 g/mol. The number of hydrogen-bond acceptors (Lipinski definition) is 5. The van der Waals surface area contributed by atoms with E-state index in [1.165, 1.54) is 11.8 Å². The van der Waals surface area contributed by atoms with Crippen molar-refractivity contribution >= 4 is 57.7 Å². The Bertz CT molecular complexity index is 1090. The molecule has 0 saturated carbocycles. The maximum absolute atomic E-state index is 12.3. The summed E-state index contributed by atoms with van der Waals surface area (Å²) in [6, 6.07) is 10.1. The van der Waals surface area contributed by atoms with E-state index in [4.69, 9.17) is 16.0 Å². The minimum atomic E-state index is -0.558. The third kappa shape index (κ3) is 3.33. The van der Waals surface area contributed by atoms with Crippen LogP contribution in [0.15, 0.2) is 50.5 Å². The molecule has 4 rings (SSSR count). The number of nitrogens with one attached hydrogen (secondary N) is 3. The van der Waals surface area contributed by atoms with E-state index >= 15 is 0 Å². The molecule has 0 bridgehead atoms. The van der Waals surface area contributed by atoms with Gasteiger partial charge in [-0.3, -0.25) is 14.6 Å². The van der Waals surface area contributed by atoms with E-state index in [1.807, 2.05) is 6.07 Å². The van der Waals surface area contributed by atoms with E-state index in [-0.39, 0.29) is 18.2 Å². The van der Waals surface area contributed by atoms with Crippen LogP contribution in [0.2, 0.25) is 5.02 Å². The number of carbonyl (C=O) groups excluding carboxylic acids is 2. The molecule has 26 heavy (non-hydrogen) atoms. The van der Waals surface area contributed by atoms with E-state index < -0.39 is 11.0 Å². The van der Waals surface area contributed by atoms with Gasteiger partial charge in [-0.2, -0.15) is 0 Å². The number of anilines is 2. The maximum Gasteiger partial charge on any atom is 0.417 e. The van der Waals surface area contributed by atoms with Gasteiger partial charge in [-0.1, -0.05) is 11.6 Å². The molecular weight excluding hydrogens is 378 g/mol. The molecule has 132 valence electrons. The van der Waals surface area contributed by atoms with Crippen LogP contribution in [0, 0.1) is 0 Å². The first kappa shape index (κ1) is 16.7. The van der Waals surface area contributed by atoms with Crippen LogP contribution in [0.5, 0.6) is 0 Å². The lowest BCUT2D eigenvalue weighted by atomic mass is 10.2. The van der Waals surface area contributed by atoms with Crippen LogP contribution in [0.25, 0.3) is 11.1 Å². The van der Waals surface area contributed by atoms with Gasteiger partial charge in [0.15, 0.2) is 5.58 Å². The number of fused-ring (bicyclic) bond motifs is 2. The first-order valence-corrected chi connectivity index (χ1v) is 8.93. The Morgan fingerprint density at radius 1 is 1.23 bits per heavy atom. The van der Waals surface area contributed by atoms with Crippen molar-refractivity contribution in [1.29, 1.82) is 0 Å². The quantitative estimate of drug-likeness (QED) is 0.638. The number of hydrogen-bond donors (Lipinski definition) is 3. The van der Waals surface area contributed by atoms with E-state index in [0.29, 0.717) is 27.5 Å². The number of amides is 2. The summed E-state index contributed by atoms with van der Waals surface area (Å²) >= 11 is 7.25. The average molecular weight is 390 g/mol. The van der Waals surface area contributed by atoms with Gasteiger partial charge in [0.1, 0.15) is 0 Å². The first-order valence-electron chi connectivity index (χ1n) is 7.68. The average Bonchev–Trinajstić information content (AvgIpc) is 2.95. The second-order valence-corrected chi connectivity index (χ2v) is 7.39. The summed E-state index contributed by atoms with van der Waals surface area (Å²) < 4.78 is 4.92. The number of aromatic amines is 1. The van der Waals surface area contributed by atoms with Crippen LogP contribution in [-0.4, -0.2) is 22.0 Å². The van der Waals surface area contributed by atoms with Crippen LogP contribution in [0.1, 0.15) is 6.42 Å². The first-order chi connectivity index (χ1) is 12.5. The Labute approximate surface area is 156 Å². The predicted octanol–water partition coefficient (Wildman–Crippen LogP) is 3.22. The molecule has 7 nitrogen and oxygen atoms in total. The molecule has 9 heteroatoms. The minimum absolute atomic E-state index is 0.0124. The second kappa shape index (κ2) is 6.54. The van der Waals surface area contributed by atoms with E-state index in [0.717, 1.165) is 4.90 Å². The lowest BCUT2D eigenvalue weighted by Gasteiger charge is -2.23. The Hall–Kier alpha value is -2.71. The van der Waals surface area contributed by atoms with Crippen LogP contribution in [0.3, 0.4) is 0 Å². The van der Waals surface area contributed by atoms with E-state index in [9.17, 15) is 14.4 Å². The lowest BCUT2D eigenvalue weighted by Crippen LogP contribution is -2.32. The molecular formula is C17H12ClN3O4S. The second-order valence-electron chi connectivity index (χ2n) is 5.71. The summed E-state index contributed by atoms with van der Waals surface area (Å²) in [6.45, 7) is 0. The molecule has 0 spiro atoms. The number of aromatic nitrogens is 1. The zero-order valence-corrected chi connectivity index (χ0v) is 14.7. The molecule has 1 unspecified atom stereocenters. The Balaban J connectivity index is 1.46. The standard InChI is InChI=1S/C17H12ClN3O4S/c18-8-1-4-13-11(5-8)20-16(23)14(26-13)7-15(22)19-9-2-3-12-10(6-9)21-17(24)25-12/h1-6,14H,7H2,(H,19,22)(H,20,23)(H,21,24). The van der Waals surface area contributed by atoms with Crippen molar-refractivity contribution in [2.45, 2.75) is 16.6 Å². The third-order valence-corrected chi connectivity index (χ3v) is 5.34. The number of carbonyl (C=O) groups is 2. The van der Waals surface area contributed by atoms with Crippen molar-refractivity contribution < 1.29 is 14.0 Å². The number of thioether (sulfide) groups is 1. The maximum atomic E-state index is 12.3. The van der Waals surface area contributed by atoms with Gasteiger partial charge in [0.2, 0.25) is 11.8 Å². The molecule has 2 aromatic carbocycles. The normalized spacial score (nSPS) is 16.2. The minimum Gasteiger partial charge on any atom is -0.408 e. The SMILES string of the molecule is O=C(CC1Sc2ccc(Cl)cc2NC1=O)Nc1ccc2oc(=O)[nH]c2c1. The van der Waals surface area contributed by atoms with Gasteiger partial charge in [0, 0.05) is 22.0 Å². The molecule has 1 aliphatic heterocycles. The summed E-state index contributed by atoms with van der Waals surface area (Å²) in [4.78, 5) is 39.1. The number of H-pyrrole nitrogens is 1. The molecule has 3 N–H and O–H groups in total. The van der Waals surface area contributed by atoms with Gasteiger partial charge >= 0.3 is 5.76 Å². The highest BCUT2D eigenvalue weighted by atomic mass is 35.5. The molecule has 3 aromatic rings. The molecule has 0 radical (unpaired) electrons. The fourth-order valence-corrected chi connectivity index (χ4v) is 3.93. The summed E-state index contributed by atoms with van der Waals surface area (Å²) in [5.41, 5.74) is 2.06. The molecule has 0 saturated heterocycles. The Morgan fingerprint density at radius 2 is 2.08 bits per heavy atom. The predicted molar refractivity (Wildman–Crippen MR) is 99.8 cm³/mol. The summed E-state index contributed by atoms with van der Waals surface area (Å²) in [5, 5.41) is 5.49. The zero-order valence-electron chi connectivity index (χ0n) is 13.2. The van der Waals surface area contributed by atoms with Crippen molar-refractivity contribution in [3.8, 4) is 0 Å². The number of rotatable bonds is 3. The molecule has 0 fully saturated rings. The largest absolute Gasteiger partial charge is 0.417 e. The molecule has 1 atom stereocenters. The summed E-state index contributed by atoms with van der Waals surface area (Å²) in [6.07, 6.45) is 0.0124. The fraction of sp³-hybridized carbons (Fsp3) is 0.118. The molecule has 0 aliphatic carbocycles. The third-order valence-electron chi connectivity index (χ3n) is 3.83. The number of benzene rings is 2. The van der Waals surface area contributed by atoms with Gasteiger partial charge < -0.3 is 15.1 Å². The number of oxazole rings is 1. The lowest BCUT2D eigenvalue weighted by molar-refractivity contribution is -0.120. The van der Waals surface area contributed by atoms with Crippen LogP contribution in [0.4, 0.5) is 11.4 Å².